The zero-order valence-electron chi connectivity index (χ0n) is 20.8. The number of anilines is 3. The molecule has 4 rings (SSSR count). The summed E-state index contributed by atoms with van der Waals surface area (Å²) in [5.74, 6) is 1.24. The topological polar surface area (TPSA) is 82.4 Å². The molecule has 6 nitrogen and oxygen atoms in total. The van der Waals surface area contributed by atoms with Gasteiger partial charge in [0.15, 0.2) is 0 Å². The lowest BCUT2D eigenvalue weighted by molar-refractivity contribution is 0.0770. The predicted molar refractivity (Wildman–Crippen MR) is 133 cm³/mol. The van der Waals surface area contributed by atoms with Gasteiger partial charge in [0.05, 0.1) is 42.5 Å². The fourth-order valence-corrected chi connectivity index (χ4v) is 4.74. The smallest absolute Gasteiger partial charge is 0.119 e. The Hall–Kier alpha value is -3.06. The van der Waals surface area contributed by atoms with E-state index in [1.165, 1.54) is 0 Å². The molecule has 3 N–H and O–H groups in total. The number of hydrogen-bond acceptors (Lipinski definition) is 6. The van der Waals surface area contributed by atoms with E-state index >= 15 is 0 Å². The number of aliphatic hydroxyl groups is 3. The van der Waals surface area contributed by atoms with Crippen molar-refractivity contribution in [1.82, 2.24) is 0 Å². The molecule has 0 aliphatic carbocycles. The highest BCUT2D eigenvalue weighted by Crippen LogP contribution is 2.55. The van der Waals surface area contributed by atoms with Crippen molar-refractivity contribution in [1.29, 1.82) is 0 Å². The van der Waals surface area contributed by atoms with Crippen LogP contribution in [0.5, 0.6) is 11.5 Å². The molecular formula is C28H33NO5. The predicted octanol–water partition coefficient (Wildman–Crippen LogP) is 5.20. The number of fused-ring (bicyclic) bond motifs is 2. The van der Waals surface area contributed by atoms with Crippen LogP contribution >= 0.6 is 0 Å². The van der Waals surface area contributed by atoms with Gasteiger partial charge in [-0.05, 0) is 71.0 Å². The van der Waals surface area contributed by atoms with Crippen molar-refractivity contribution >= 4 is 17.1 Å². The summed E-state index contributed by atoms with van der Waals surface area (Å²) < 4.78 is 10.9. The van der Waals surface area contributed by atoms with Gasteiger partial charge in [0.25, 0.3) is 0 Å². The maximum absolute atomic E-state index is 11.8. The molecule has 1 aliphatic heterocycles. The lowest BCUT2D eigenvalue weighted by Gasteiger charge is -2.44. The van der Waals surface area contributed by atoms with Crippen LogP contribution in [0.4, 0.5) is 17.1 Å². The second kappa shape index (κ2) is 8.01. The van der Waals surface area contributed by atoms with E-state index in [2.05, 4.69) is 0 Å². The Morgan fingerprint density at radius 2 is 1.29 bits per heavy atom. The standard InChI is InChI=1S/C28H33NO5/c1-26(2,30)19-9-8-10-20-25(19)29(23-13-11-17(33-6)15-21(23)27(3,4)31)24-14-12-18(34-7)16-22(24)28(20,5)32/h8-16,30-32H,1-7H3. The Kier molecular flexibility index (Phi) is 5.67. The first-order valence-electron chi connectivity index (χ1n) is 11.3. The van der Waals surface area contributed by atoms with Crippen molar-refractivity contribution in [3.63, 3.8) is 0 Å². The van der Waals surface area contributed by atoms with Gasteiger partial charge in [0.1, 0.15) is 17.1 Å². The van der Waals surface area contributed by atoms with E-state index in [1.54, 1.807) is 48.8 Å². The molecule has 1 aliphatic rings. The van der Waals surface area contributed by atoms with E-state index in [1.807, 2.05) is 59.5 Å². The highest BCUT2D eigenvalue weighted by atomic mass is 16.5. The summed E-state index contributed by atoms with van der Waals surface area (Å²) in [6.07, 6.45) is 0. The van der Waals surface area contributed by atoms with E-state index in [0.29, 0.717) is 45.1 Å². The summed E-state index contributed by atoms with van der Waals surface area (Å²) in [5.41, 5.74) is 0.988. The molecule has 6 heteroatoms. The molecule has 1 heterocycles. The highest BCUT2D eigenvalue weighted by molar-refractivity contribution is 5.89. The first-order valence-corrected chi connectivity index (χ1v) is 11.3. The van der Waals surface area contributed by atoms with Gasteiger partial charge in [-0.2, -0.15) is 0 Å². The fraction of sp³-hybridized carbons (Fsp3) is 0.357. The second-order valence-corrected chi connectivity index (χ2v) is 9.99. The van der Waals surface area contributed by atoms with E-state index in [4.69, 9.17) is 9.47 Å². The van der Waals surface area contributed by atoms with Gasteiger partial charge < -0.3 is 29.7 Å². The molecule has 0 aromatic heterocycles. The summed E-state index contributed by atoms with van der Waals surface area (Å²) in [5, 5.41) is 34.1. The third-order valence-corrected chi connectivity index (χ3v) is 6.52. The molecule has 0 amide bonds. The molecule has 3 aromatic carbocycles. The molecule has 0 saturated heterocycles. The average Bonchev–Trinajstić information content (AvgIpc) is 2.77. The maximum atomic E-state index is 11.8. The summed E-state index contributed by atoms with van der Waals surface area (Å²) in [6.45, 7) is 8.65. The lowest BCUT2D eigenvalue weighted by Crippen LogP contribution is -2.36. The number of nitrogens with zero attached hydrogens (tertiary/aromatic N) is 1. The highest BCUT2D eigenvalue weighted by Gasteiger charge is 2.43. The number of hydrogen-bond donors (Lipinski definition) is 3. The molecule has 180 valence electrons. The first kappa shape index (κ1) is 24.1. The van der Waals surface area contributed by atoms with Crippen molar-refractivity contribution < 1.29 is 24.8 Å². The van der Waals surface area contributed by atoms with Crippen molar-refractivity contribution in [2.24, 2.45) is 0 Å². The largest absolute Gasteiger partial charge is 0.497 e. The van der Waals surface area contributed by atoms with Crippen LogP contribution in [-0.2, 0) is 16.8 Å². The van der Waals surface area contributed by atoms with Crippen molar-refractivity contribution in [3.05, 3.63) is 76.9 Å². The van der Waals surface area contributed by atoms with Gasteiger partial charge in [-0.1, -0.05) is 18.2 Å². The normalized spacial score (nSPS) is 17.8. The monoisotopic (exact) mass is 463 g/mol. The number of benzene rings is 3. The van der Waals surface area contributed by atoms with Gasteiger partial charge in [0.2, 0.25) is 0 Å². The summed E-state index contributed by atoms with van der Waals surface area (Å²) in [4.78, 5) is 2.00. The number of methoxy groups -OCH3 is 2. The van der Waals surface area contributed by atoms with Gasteiger partial charge >= 0.3 is 0 Å². The Morgan fingerprint density at radius 3 is 1.85 bits per heavy atom. The minimum atomic E-state index is -1.35. The van der Waals surface area contributed by atoms with Crippen molar-refractivity contribution in [3.8, 4) is 11.5 Å². The number of para-hydroxylation sites is 1. The Balaban J connectivity index is 2.16. The summed E-state index contributed by atoms with van der Waals surface area (Å²) in [7, 11) is 3.18. The van der Waals surface area contributed by atoms with Crippen LogP contribution in [0.15, 0.2) is 54.6 Å². The molecule has 0 saturated carbocycles. The number of ether oxygens (including phenoxy) is 2. The molecule has 34 heavy (non-hydrogen) atoms. The van der Waals surface area contributed by atoms with Crippen LogP contribution in [0.1, 0.15) is 56.9 Å². The summed E-state index contributed by atoms with van der Waals surface area (Å²) in [6, 6.07) is 16.7. The molecule has 3 aromatic rings. The zero-order chi connectivity index (χ0) is 25.1. The van der Waals surface area contributed by atoms with Crippen molar-refractivity contribution in [2.45, 2.75) is 51.4 Å². The van der Waals surface area contributed by atoms with E-state index < -0.39 is 16.8 Å². The van der Waals surface area contributed by atoms with Crippen LogP contribution in [0.25, 0.3) is 0 Å². The molecule has 1 unspecified atom stereocenters. The maximum Gasteiger partial charge on any atom is 0.119 e. The SMILES string of the molecule is COc1ccc(N2c3ccc(OC)cc3C(C)(O)c3cccc(C(C)(C)O)c32)c(C(C)(C)O)c1. The fourth-order valence-electron chi connectivity index (χ4n) is 4.74. The van der Waals surface area contributed by atoms with Gasteiger partial charge in [-0.25, -0.2) is 0 Å². The van der Waals surface area contributed by atoms with Gasteiger partial charge in [-0.15, -0.1) is 0 Å². The van der Waals surface area contributed by atoms with E-state index in [-0.39, 0.29) is 0 Å². The van der Waals surface area contributed by atoms with Gasteiger partial charge in [0, 0.05) is 22.3 Å². The molecule has 0 fully saturated rings. The first-order chi connectivity index (χ1) is 15.8. The van der Waals surface area contributed by atoms with Crippen LogP contribution in [0.2, 0.25) is 0 Å². The zero-order valence-corrected chi connectivity index (χ0v) is 20.8. The minimum Gasteiger partial charge on any atom is -0.497 e. The van der Waals surface area contributed by atoms with Crippen LogP contribution in [0, 0.1) is 0 Å². The average molecular weight is 464 g/mol. The van der Waals surface area contributed by atoms with E-state index in [9.17, 15) is 15.3 Å². The molecule has 1 atom stereocenters. The molecule has 0 spiro atoms. The third kappa shape index (κ3) is 3.82. The minimum absolute atomic E-state index is 0.621. The van der Waals surface area contributed by atoms with Gasteiger partial charge in [-0.3, -0.25) is 0 Å². The van der Waals surface area contributed by atoms with Crippen molar-refractivity contribution in [2.75, 3.05) is 19.1 Å². The Morgan fingerprint density at radius 1 is 0.735 bits per heavy atom. The third-order valence-electron chi connectivity index (χ3n) is 6.52. The summed E-state index contributed by atoms with van der Waals surface area (Å²) >= 11 is 0. The van der Waals surface area contributed by atoms with Crippen LogP contribution in [0.3, 0.4) is 0 Å². The van der Waals surface area contributed by atoms with Crippen LogP contribution < -0.4 is 14.4 Å². The van der Waals surface area contributed by atoms with Crippen LogP contribution in [-0.4, -0.2) is 29.5 Å². The number of rotatable bonds is 5. The molecular weight excluding hydrogens is 430 g/mol. The molecule has 0 radical (unpaired) electrons. The lowest BCUT2D eigenvalue weighted by atomic mass is 9.78. The Bertz CT molecular complexity index is 1230. The molecule has 0 bridgehead atoms. The van der Waals surface area contributed by atoms with E-state index in [0.717, 1.165) is 5.69 Å². The Labute approximate surface area is 201 Å². The second-order valence-electron chi connectivity index (χ2n) is 9.99. The quantitative estimate of drug-likeness (QED) is 0.483.